The SMILES string of the molecule is COC(=O)c1ccsc1NC(=O)c1ccc(Br)c(S(=O)(=O)N2CCOCC2)c1. The van der Waals surface area contributed by atoms with Gasteiger partial charge in [0.15, 0.2) is 0 Å². The molecule has 28 heavy (non-hydrogen) atoms. The van der Waals surface area contributed by atoms with Crippen molar-refractivity contribution in [2.45, 2.75) is 4.90 Å². The zero-order valence-electron chi connectivity index (χ0n) is 14.8. The molecule has 0 aliphatic carbocycles. The Hall–Kier alpha value is -1.79. The number of benzene rings is 1. The summed E-state index contributed by atoms with van der Waals surface area (Å²) in [6, 6.07) is 5.87. The molecule has 150 valence electrons. The van der Waals surface area contributed by atoms with E-state index in [0.717, 1.165) is 0 Å². The summed E-state index contributed by atoms with van der Waals surface area (Å²) in [7, 11) is -2.53. The van der Waals surface area contributed by atoms with Crippen LogP contribution in [0, 0.1) is 0 Å². The van der Waals surface area contributed by atoms with Crippen molar-refractivity contribution in [3.8, 4) is 0 Å². The Kier molecular flexibility index (Phi) is 6.50. The number of esters is 1. The number of hydrogen-bond donors (Lipinski definition) is 1. The fourth-order valence-electron chi connectivity index (χ4n) is 2.62. The van der Waals surface area contributed by atoms with Crippen LogP contribution in [0.4, 0.5) is 5.00 Å². The first-order valence-corrected chi connectivity index (χ1v) is 11.3. The number of ether oxygens (including phenoxy) is 2. The van der Waals surface area contributed by atoms with Crippen LogP contribution in [0.1, 0.15) is 20.7 Å². The molecule has 1 aromatic carbocycles. The predicted molar refractivity (Wildman–Crippen MR) is 107 cm³/mol. The fraction of sp³-hybridized carbons (Fsp3) is 0.294. The Labute approximate surface area is 174 Å². The van der Waals surface area contributed by atoms with E-state index in [1.54, 1.807) is 11.4 Å². The van der Waals surface area contributed by atoms with E-state index in [9.17, 15) is 18.0 Å². The molecule has 1 fully saturated rings. The maximum absolute atomic E-state index is 12.9. The Morgan fingerprint density at radius 1 is 1.25 bits per heavy atom. The molecule has 0 radical (unpaired) electrons. The molecule has 1 amide bonds. The minimum atomic E-state index is -3.78. The monoisotopic (exact) mass is 488 g/mol. The largest absolute Gasteiger partial charge is 0.465 e. The second-order valence-corrected chi connectivity index (χ2v) is 9.45. The lowest BCUT2D eigenvalue weighted by atomic mass is 10.2. The number of methoxy groups -OCH3 is 1. The third kappa shape index (κ3) is 4.28. The molecule has 2 aromatic rings. The van der Waals surface area contributed by atoms with Crippen molar-refractivity contribution in [3.63, 3.8) is 0 Å². The molecule has 1 aliphatic heterocycles. The highest BCUT2D eigenvalue weighted by Gasteiger charge is 2.29. The summed E-state index contributed by atoms with van der Waals surface area (Å²) < 4.78 is 37.4. The highest BCUT2D eigenvalue weighted by Crippen LogP contribution is 2.28. The Bertz CT molecular complexity index is 999. The van der Waals surface area contributed by atoms with Crippen LogP contribution >= 0.6 is 27.3 Å². The van der Waals surface area contributed by atoms with Crippen molar-refractivity contribution in [1.29, 1.82) is 0 Å². The van der Waals surface area contributed by atoms with Gasteiger partial charge in [0.25, 0.3) is 5.91 Å². The Balaban J connectivity index is 1.88. The standard InChI is InChI=1S/C17H17BrN2O6S2/c1-25-17(22)12-4-9-27-16(12)19-15(21)11-2-3-13(18)14(10-11)28(23,24)20-5-7-26-8-6-20/h2-4,9-10H,5-8H2,1H3,(H,19,21). The zero-order chi connectivity index (χ0) is 20.3. The van der Waals surface area contributed by atoms with Crippen molar-refractivity contribution < 1.29 is 27.5 Å². The van der Waals surface area contributed by atoms with Gasteiger partial charge in [-0.1, -0.05) is 0 Å². The number of rotatable bonds is 5. The Morgan fingerprint density at radius 2 is 1.96 bits per heavy atom. The highest BCUT2D eigenvalue weighted by molar-refractivity contribution is 9.10. The third-order valence-corrected chi connectivity index (χ3v) is 7.80. The summed E-state index contributed by atoms with van der Waals surface area (Å²) in [5.41, 5.74) is 0.387. The van der Waals surface area contributed by atoms with E-state index >= 15 is 0 Å². The molecular weight excluding hydrogens is 472 g/mol. The maximum atomic E-state index is 12.9. The number of nitrogens with one attached hydrogen (secondary N) is 1. The van der Waals surface area contributed by atoms with Crippen LogP contribution in [0.2, 0.25) is 0 Å². The quantitative estimate of drug-likeness (QED) is 0.648. The minimum absolute atomic E-state index is 0.00132. The summed E-state index contributed by atoms with van der Waals surface area (Å²) in [4.78, 5) is 24.4. The van der Waals surface area contributed by atoms with Crippen molar-refractivity contribution >= 4 is 54.2 Å². The van der Waals surface area contributed by atoms with Gasteiger partial charge >= 0.3 is 5.97 Å². The van der Waals surface area contributed by atoms with Gasteiger partial charge in [0.2, 0.25) is 10.0 Å². The molecule has 11 heteroatoms. The molecule has 1 saturated heterocycles. The van der Waals surface area contributed by atoms with E-state index < -0.39 is 21.9 Å². The maximum Gasteiger partial charge on any atom is 0.340 e. The van der Waals surface area contributed by atoms with Crippen LogP contribution in [-0.2, 0) is 19.5 Å². The van der Waals surface area contributed by atoms with Crippen molar-refractivity contribution in [2.75, 3.05) is 38.7 Å². The van der Waals surface area contributed by atoms with Crippen LogP contribution in [0.25, 0.3) is 0 Å². The number of amides is 1. The number of halogens is 1. The number of hydrogen-bond acceptors (Lipinski definition) is 7. The topological polar surface area (TPSA) is 102 Å². The summed E-state index contributed by atoms with van der Waals surface area (Å²) in [6.07, 6.45) is 0. The second kappa shape index (κ2) is 8.70. The first-order valence-electron chi connectivity index (χ1n) is 8.19. The van der Waals surface area contributed by atoms with Gasteiger partial charge in [-0.05, 0) is 45.6 Å². The van der Waals surface area contributed by atoms with E-state index in [1.165, 1.54) is 41.0 Å². The summed E-state index contributed by atoms with van der Waals surface area (Å²) in [5, 5.41) is 4.62. The molecule has 1 N–H and O–H groups in total. The molecule has 8 nitrogen and oxygen atoms in total. The van der Waals surface area contributed by atoms with Crippen molar-refractivity contribution in [1.82, 2.24) is 4.31 Å². The molecular formula is C17H17BrN2O6S2. The summed E-state index contributed by atoms with van der Waals surface area (Å²) in [5.74, 6) is -1.10. The zero-order valence-corrected chi connectivity index (χ0v) is 18.0. The van der Waals surface area contributed by atoms with Gasteiger partial charge in [-0.3, -0.25) is 4.79 Å². The van der Waals surface area contributed by atoms with Gasteiger partial charge in [-0.15, -0.1) is 11.3 Å². The number of sulfonamides is 1. The first kappa shape index (κ1) is 20.9. The van der Waals surface area contributed by atoms with E-state index in [2.05, 4.69) is 26.0 Å². The number of thiophene rings is 1. The molecule has 1 aliphatic rings. The smallest absolute Gasteiger partial charge is 0.340 e. The second-order valence-electron chi connectivity index (χ2n) is 5.77. The molecule has 0 saturated carbocycles. The van der Waals surface area contributed by atoms with Crippen LogP contribution in [0.15, 0.2) is 39.0 Å². The Morgan fingerprint density at radius 3 is 2.64 bits per heavy atom. The number of nitrogens with zero attached hydrogens (tertiary/aromatic N) is 1. The van der Waals surface area contributed by atoms with E-state index in [0.29, 0.717) is 22.7 Å². The molecule has 2 heterocycles. The lowest BCUT2D eigenvalue weighted by Crippen LogP contribution is -2.40. The highest BCUT2D eigenvalue weighted by atomic mass is 79.9. The van der Waals surface area contributed by atoms with Crippen LogP contribution < -0.4 is 5.32 Å². The van der Waals surface area contributed by atoms with E-state index in [-0.39, 0.29) is 29.1 Å². The minimum Gasteiger partial charge on any atom is -0.465 e. The fourth-order valence-corrected chi connectivity index (χ4v) is 5.75. The third-order valence-electron chi connectivity index (χ3n) is 4.08. The van der Waals surface area contributed by atoms with Gasteiger partial charge in [-0.2, -0.15) is 4.31 Å². The number of carbonyl (C=O) groups is 2. The van der Waals surface area contributed by atoms with Gasteiger partial charge < -0.3 is 14.8 Å². The molecule has 0 unspecified atom stereocenters. The van der Waals surface area contributed by atoms with Gasteiger partial charge in [-0.25, -0.2) is 13.2 Å². The van der Waals surface area contributed by atoms with Gasteiger partial charge in [0.05, 0.1) is 30.8 Å². The van der Waals surface area contributed by atoms with E-state index in [1.807, 2.05) is 0 Å². The molecule has 3 rings (SSSR count). The summed E-state index contributed by atoms with van der Waals surface area (Å²) >= 11 is 4.42. The summed E-state index contributed by atoms with van der Waals surface area (Å²) in [6.45, 7) is 1.16. The lowest BCUT2D eigenvalue weighted by molar-refractivity contribution is 0.0602. The molecule has 1 aromatic heterocycles. The van der Waals surface area contributed by atoms with Crippen LogP contribution in [-0.4, -0.2) is 58.0 Å². The predicted octanol–water partition coefficient (Wildman–Crippen LogP) is 2.57. The lowest BCUT2D eigenvalue weighted by Gasteiger charge is -2.26. The van der Waals surface area contributed by atoms with E-state index in [4.69, 9.17) is 4.74 Å². The van der Waals surface area contributed by atoms with Crippen LogP contribution in [0.5, 0.6) is 0 Å². The van der Waals surface area contributed by atoms with Crippen molar-refractivity contribution in [3.05, 3.63) is 45.2 Å². The van der Waals surface area contributed by atoms with Crippen LogP contribution in [0.3, 0.4) is 0 Å². The van der Waals surface area contributed by atoms with Gasteiger partial charge in [0.1, 0.15) is 5.00 Å². The molecule has 0 atom stereocenters. The average Bonchev–Trinajstić information content (AvgIpc) is 3.16. The normalized spacial score (nSPS) is 15.2. The molecule has 0 spiro atoms. The number of carbonyl (C=O) groups excluding carboxylic acids is 2. The van der Waals surface area contributed by atoms with Crippen molar-refractivity contribution in [2.24, 2.45) is 0 Å². The van der Waals surface area contributed by atoms with Gasteiger partial charge in [0, 0.05) is 23.1 Å². The molecule has 0 bridgehead atoms. The number of morpholine rings is 1. The first-order chi connectivity index (χ1) is 13.3. The average molecular weight is 489 g/mol. The number of anilines is 1.